The fourth-order valence-corrected chi connectivity index (χ4v) is 1.96. The number of benzene rings is 2. The molecule has 0 radical (unpaired) electrons. The smallest absolute Gasteiger partial charge is 0.248 e. The Bertz CT molecular complexity index is 684. The molecule has 0 heterocycles. The minimum Gasteiger partial charge on any atom is -0.494 e. The number of hydrogen-bond acceptors (Lipinski definition) is 2. The van der Waals surface area contributed by atoms with Crippen LogP contribution in [0.25, 0.3) is 6.08 Å². The Balaban J connectivity index is 2.00. The standard InChI is InChI=1S/C17H15ClFNO2/c1-2-22-13-9-6-12(7-10-13)8-11-16(21)20-15-5-3-4-14(18)17(15)19/h3-11H,2H2,1H3,(H,20,21)/b11-8+. The van der Waals surface area contributed by atoms with Crippen molar-refractivity contribution < 1.29 is 13.9 Å². The summed E-state index contributed by atoms with van der Waals surface area (Å²) < 4.78 is 19.0. The van der Waals surface area contributed by atoms with Gasteiger partial charge in [0.1, 0.15) is 5.75 Å². The molecule has 114 valence electrons. The zero-order valence-corrected chi connectivity index (χ0v) is 12.7. The van der Waals surface area contributed by atoms with E-state index in [1.54, 1.807) is 12.1 Å². The molecule has 0 spiro atoms. The number of hydrogen-bond donors (Lipinski definition) is 1. The van der Waals surface area contributed by atoms with E-state index in [0.717, 1.165) is 11.3 Å². The number of anilines is 1. The van der Waals surface area contributed by atoms with Gasteiger partial charge in [0, 0.05) is 6.08 Å². The van der Waals surface area contributed by atoms with Gasteiger partial charge in [0.2, 0.25) is 5.91 Å². The Kier molecular flexibility index (Phi) is 5.55. The summed E-state index contributed by atoms with van der Waals surface area (Å²) in [5.74, 6) is -0.313. The van der Waals surface area contributed by atoms with Gasteiger partial charge in [-0.15, -0.1) is 0 Å². The van der Waals surface area contributed by atoms with E-state index in [-0.39, 0.29) is 10.7 Å². The van der Waals surface area contributed by atoms with Gasteiger partial charge < -0.3 is 10.1 Å². The number of rotatable bonds is 5. The van der Waals surface area contributed by atoms with E-state index in [2.05, 4.69) is 5.32 Å². The zero-order chi connectivity index (χ0) is 15.9. The molecule has 2 aromatic carbocycles. The molecule has 0 aliphatic heterocycles. The maximum Gasteiger partial charge on any atom is 0.248 e. The molecule has 0 fully saturated rings. The first-order chi connectivity index (χ1) is 10.6. The lowest BCUT2D eigenvalue weighted by Gasteiger charge is -2.05. The van der Waals surface area contributed by atoms with Gasteiger partial charge in [0.25, 0.3) is 0 Å². The topological polar surface area (TPSA) is 38.3 Å². The molecule has 3 nitrogen and oxygen atoms in total. The van der Waals surface area contributed by atoms with Crippen LogP contribution in [0, 0.1) is 5.82 Å². The molecule has 5 heteroatoms. The van der Waals surface area contributed by atoms with Crippen molar-refractivity contribution in [2.45, 2.75) is 6.92 Å². The molecule has 0 saturated carbocycles. The molecule has 2 aromatic rings. The summed E-state index contributed by atoms with van der Waals surface area (Å²) in [5.41, 5.74) is 0.888. The van der Waals surface area contributed by atoms with Crippen molar-refractivity contribution in [3.05, 3.63) is 64.9 Å². The lowest BCUT2D eigenvalue weighted by Crippen LogP contribution is -2.09. The molecule has 22 heavy (non-hydrogen) atoms. The highest BCUT2D eigenvalue weighted by atomic mass is 35.5. The van der Waals surface area contributed by atoms with Crippen LogP contribution in [0.15, 0.2) is 48.5 Å². The Morgan fingerprint density at radius 2 is 2.00 bits per heavy atom. The molecule has 0 bridgehead atoms. The van der Waals surface area contributed by atoms with E-state index in [4.69, 9.17) is 16.3 Å². The third kappa shape index (κ3) is 4.33. The number of halogens is 2. The number of nitrogens with one attached hydrogen (secondary N) is 1. The summed E-state index contributed by atoms with van der Waals surface area (Å²) in [6.07, 6.45) is 2.96. The second-order valence-electron chi connectivity index (χ2n) is 4.43. The molecule has 0 unspecified atom stereocenters. The molecule has 0 saturated heterocycles. The fourth-order valence-electron chi connectivity index (χ4n) is 1.79. The molecule has 2 rings (SSSR count). The molecule has 0 aliphatic rings. The van der Waals surface area contributed by atoms with Crippen LogP contribution in [0.5, 0.6) is 5.75 Å². The van der Waals surface area contributed by atoms with Crippen LogP contribution < -0.4 is 10.1 Å². The average Bonchev–Trinajstić information content (AvgIpc) is 2.51. The normalized spacial score (nSPS) is 10.7. The van der Waals surface area contributed by atoms with E-state index < -0.39 is 11.7 Å². The van der Waals surface area contributed by atoms with Gasteiger partial charge in [0.15, 0.2) is 5.82 Å². The lowest BCUT2D eigenvalue weighted by molar-refractivity contribution is -0.111. The highest BCUT2D eigenvalue weighted by molar-refractivity contribution is 6.31. The van der Waals surface area contributed by atoms with Crippen molar-refractivity contribution in [2.75, 3.05) is 11.9 Å². The number of carbonyl (C=O) groups is 1. The summed E-state index contributed by atoms with van der Waals surface area (Å²) in [6.45, 7) is 2.51. The average molecular weight is 320 g/mol. The number of carbonyl (C=O) groups excluding carboxylic acids is 1. The molecule has 0 atom stereocenters. The lowest BCUT2D eigenvalue weighted by atomic mass is 10.2. The van der Waals surface area contributed by atoms with Crippen molar-refractivity contribution >= 4 is 29.3 Å². The van der Waals surface area contributed by atoms with Crippen molar-refractivity contribution in [1.82, 2.24) is 0 Å². The van der Waals surface area contributed by atoms with Gasteiger partial charge in [-0.3, -0.25) is 4.79 Å². The Morgan fingerprint density at radius 1 is 1.27 bits per heavy atom. The molecule has 1 amide bonds. The van der Waals surface area contributed by atoms with Gasteiger partial charge in [-0.1, -0.05) is 29.8 Å². The largest absolute Gasteiger partial charge is 0.494 e. The van der Waals surface area contributed by atoms with E-state index in [9.17, 15) is 9.18 Å². The minimum absolute atomic E-state index is 0.0340. The minimum atomic E-state index is -0.646. The molecule has 1 N–H and O–H groups in total. The van der Waals surface area contributed by atoms with Crippen molar-refractivity contribution in [1.29, 1.82) is 0 Å². The quantitative estimate of drug-likeness (QED) is 0.822. The van der Waals surface area contributed by atoms with E-state index in [1.807, 2.05) is 31.2 Å². The Labute approximate surface area is 133 Å². The van der Waals surface area contributed by atoms with Gasteiger partial charge in [-0.25, -0.2) is 4.39 Å². The number of ether oxygens (including phenoxy) is 1. The highest BCUT2D eigenvalue weighted by Gasteiger charge is 2.07. The highest BCUT2D eigenvalue weighted by Crippen LogP contribution is 2.22. The van der Waals surface area contributed by atoms with Gasteiger partial charge in [0.05, 0.1) is 17.3 Å². The first kappa shape index (κ1) is 16.0. The van der Waals surface area contributed by atoms with E-state index in [0.29, 0.717) is 6.61 Å². The second-order valence-corrected chi connectivity index (χ2v) is 4.83. The first-order valence-electron chi connectivity index (χ1n) is 6.76. The Morgan fingerprint density at radius 3 is 2.68 bits per heavy atom. The monoisotopic (exact) mass is 319 g/mol. The van der Waals surface area contributed by atoms with Crippen molar-refractivity contribution in [3.8, 4) is 5.75 Å². The van der Waals surface area contributed by atoms with Crippen molar-refractivity contribution in [3.63, 3.8) is 0 Å². The van der Waals surface area contributed by atoms with E-state index >= 15 is 0 Å². The van der Waals surface area contributed by atoms with Gasteiger partial charge in [-0.2, -0.15) is 0 Å². The maximum absolute atomic E-state index is 13.7. The molecular formula is C17H15ClFNO2. The van der Waals surface area contributed by atoms with Crippen LogP contribution in [-0.2, 0) is 4.79 Å². The van der Waals surface area contributed by atoms with Gasteiger partial charge >= 0.3 is 0 Å². The molecule has 0 aliphatic carbocycles. The summed E-state index contributed by atoms with van der Waals surface area (Å²) in [4.78, 5) is 11.8. The van der Waals surface area contributed by atoms with Crippen LogP contribution >= 0.6 is 11.6 Å². The third-order valence-corrected chi connectivity index (χ3v) is 3.12. The predicted octanol–water partition coefficient (Wildman–Crippen LogP) is 4.53. The molecular weight excluding hydrogens is 305 g/mol. The Hall–Kier alpha value is -2.33. The molecule has 0 aromatic heterocycles. The van der Waals surface area contributed by atoms with Crippen LogP contribution in [0.3, 0.4) is 0 Å². The van der Waals surface area contributed by atoms with Crippen LogP contribution in [-0.4, -0.2) is 12.5 Å². The van der Waals surface area contributed by atoms with E-state index in [1.165, 1.54) is 18.2 Å². The predicted molar refractivity (Wildman–Crippen MR) is 86.7 cm³/mol. The summed E-state index contributed by atoms with van der Waals surface area (Å²) in [5, 5.41) is 2.41. The van der Waals surface area contributed by atoms with Crippen LogP contribution in [0.2, 0.25) is 5.02 Å². The van der Waals surface area contributed by atoms with Crippen molar-refractivity contribution in [2.24, 2.45) is 0 Å². The fraction of sp³-hybridized carbons (Fsp3) is 0.118. The zero-order valence-electron chi connectivity index (χ0n) is 12.0. The second kappa shape index (κ2) is 7.61. The van der Waals surface area contributed by atoms with Gasteiger partial charge in [-0.05, 0) is 42.8 Å². The van der Waals surface area contributed by atoms with Crippen LogP contribution in [0.1, 0.15) is 12.5 Å². The summed E-state index contributed by atoms with van der Waals surface area (Å²) >= 11 is 5.65. The summed E-state index contributed by atoms with van der Waals surface area (Å²) in [6, 6.07) is 11.7. The summed E-state index contributed by atoms with van der Waals surface area (Å²) in [7, 11) is 0. The third-order valence-electron chi connectivity index (χ3n) is 2.83. The maximum atomic E-state index is 13.7. The number of amides is 1. The van der Waals surface area contributed by atoms with Crippen LogP contribution in [0.4, 0.5) is 10.1 Å². The SMILES string of the molecule is CCOc1ccc(/C=C/C(=O)Nc2cccc(Cl)c2F)cc1. The first-order valence-corrected chi connectivity index (χ1v) is 7.14.